The number of hydrogen-bond acceptors (Lipinski definition) is 1. The fourth-order valence-corrected chi connectivity index (χ4v) is 8.27. The van der Waals surface area contributed by atoms with Crippen molar-refractivity contribution in [3.05, 3.63) is 161 Å². The van der Waals surface area contributed by atoms with E-state index in [9.17, 15) is 0 Å². The molecule has 1 aliphatic carbocycles. The summed E-state index contributed by atoms with van der Waals surface area (Å²) in [5.41, 5.74) is 19.4. The van der Waals surface area contributed by atoms with Crippen molar-refractivity contribution in [1.82, 2.24) is 0 Å². The smallest absolute Gasteiger partial charge is 0.0467 e. The Bertz CT molecular complexity index is 2380. The Labute approximate surface area is 338 Å². The molecule has 0 bridgehead atoms. The Morgan fingerprint density at radius 2 is 0.804 bits per heavy atom. The highest BCUT2D eigenvalue weighted by molar-refractivity contribution is 5.87. The number of anilines is 3. The molecular weight excluding hydrogens is 675 g/mol. The summed E-state index contributed by atoms with van der Waals surface area (Å²) in [6, 6.07) is 48.9. The van der Waals surface area contributed by atoms with Gasteiger partial charge in [-0.1, -0.05) is 182 Å². The van der Waals surface area contributed by atoms with Gasteiger partial charge in [-0.2, -0.15) is 0 Å². The molecule has 0 radical (unpaired) electrons. The lowest BCUT2D eigenvalue weighted by Gasteiger charge is -2.29. The van der Waals surface area contributed by atoms with Crippen LogP contribution in [0.25, 0.3) is 33.4 Å². The fraction of sp³-hybridized carbons (Fsp3) is 0.345. The molecule has 56 heavy (non-hydrogen) atoms. The van der Waals surface area contributed by atoms with E-state index >= 15 is 0 Å². The van der Waals surface area contributed by atoms with Crippen molar-refractivity contribution in [3.8, 4) is 33.4 Å². The van der Waals surface area contributed by atoms with Crippen LogP contribution in [0.3, 0.4) is 0 Å². The van der Waals surface area contributed by atoms with Gasteiger partial charge in [-0.05, 0) is 131 Å². The molecule has 0 saturated heterocycles. The zero-order valence-corrected chi connectivity index (χ0v) is 36.6. The van der Waals surface area contributed by atoms with Gasteiger partial charge in [0.15, 0.2) is 0 Å². The molecule has 0 atom stereocenters. The minimum absolute atomic E-state index is 0.0213. The number of rotatable bonds is 5. The van der Waals surface area contributed by atoms with E-state index in [0.29, 0.717) is 0 Å². The first-order valence-electron chi connectivity index (χ1n) is 20.6. The zero-order chi connectivity index (χ0) is 40.6. The first-order valence-corrected chi connectivity index (χ1v) is 20.6. The van der Waals surface area contributed by atoms with Crippen LogP contribution in [-0.2, 0) is 27.1 Å². The monoisotopic (exact) mass is 737 g/mol. The second-order valence-electron chi connectivity index (χ2n) is 20.9. The van der Waals surface area contributed by atoms with Crippen LogP contribution in [0.15, 0.2) is 127 Å². The highest BCUT2D eigenvalue weighted by Crippen LogP contribution is 2.51. The van der Waals surface area contributed by atoms with E-state index in [1.165, 1.54) is 72.4 Å². The standard InChI is InChI=1S/C55H63N/c1-51(2,3)40-22-24-44(25-23-40)56(46-26-27-48-47-20-15-16-21-49(47)55(13,14)50(48)35-46)45-19-17-18-36(33-45)37-28-38(30-41(29-37)52(4,5)6)39-31-42(53(7,8)9)34-43(32-39)54(10,11)12/h15-35H,1-14H3. The summed E-state index contributed by atoms with van der Waals surface area (Å²) in [6.45, 7) is 32.5. The minimum atomic E-state index is -0.0908. The Morgan fingerprint density at radius 1 is 0.339 bits per heavy atom. The molecule has 7 rings (SSSR count). The van der Waals surface area contributed by atoms with Crippen LogP contribution in [-0.4, -0.2) is 0 Å². The SMILES string of the molecule is CC(C)(C)c1ccc(N(c2cccc(-c3cc(-c4cc(C(C)(C)C)cc(C(C)(C)C)c4)cc(C(C)(C)C)c3)c2)c2ccc3c(c2)C(C)(C)c2ccccc2-3)cc1. The number of hydrogen-bond donors (Lipinski definition) is 0. The van der Waals surface area contributed by atoms with Crippen LogP contribution in [0.2, 0.25) is 0 Å². The van der Waals surface area contributed by atoms with E-state index in [1.54, 1.807) is 0 Å². The fourth-order valence-electron chi connectivity index (χ4n) is 8.27. The Morgan fingerprint density at radius 3 is 1.38 bits per heavy atom. The number of benzene rings is 6. The van der Waals surface area contributed by atoms with Crippen molar-refractivity contribution in [2.75, 3.05) is 4.90 Å². The molecule has 1 heteroatoms. The van der Waals surface area contributed by atoms with Crippen molar-refractivity contribution in [2.45, 2.75) is 124 Å². The van der Waals surface area contributed by atoms with E-state index in [4.69, 9.17) is 0 Å². The van der Waals surface area contributed by atoms with Gasteiger partial charge >= 0.3 is 0 Å². The van der Waals surface area contributed by atoms with Gasteiger partial charge in [0.25, 0.3) is 0 Å². The molecule has 0 heterocycles. The van der Waals surface area contributed by atoms with E-state index in [1.807, 2.05) is 0 Å². The third-order valence-corrected chi connectivity index (χ3v) is 12.1. The van der Waals surface area contributed by atoms with Gasteiger partial charge < -0.3 is 4.90 Å². The number of fused-ring (bicyclic) bond motifs is 3. The highest BCUT2D eigenvalue weighted by Gasteiger charge is 2.36. The van der Waals surface area contributed by atoms with Crippen molar-refractivity contribution in [3.63, 3.8) is 0 Å². The quantitative estimate of drug-likeness (QED) is 0.170. The van der Waals surface area contributed by atoms with Gasteiger partial charge in [-0.3, -0.25) is 0 Å². The summed E-state index contributed by atoms with van der Waals surface area (Å²) in [5.74, 6) is 0. The predicted molar refractivity (Wildman–Crippen MR) is 244 cm³/mol. The maximum atomic E-state index is 2.45. The van der Waals surface area contributed by atoms with Crippen LogP contribution in [0.1, 0.15) is 130 Å². The third-order valence-electron chi connectivity index (χ3n) is 12.1. The molecule has 0 fully saturated rings. The maximum Gasteiger partial charge on any atom is 0.0467 e. The average molecular weight is 738 g/mol. The molecule has 0 saturated carbocycles. The van der Waals surface area contributed by atoms with Gasteiger partial charge in [-0.25, -0.2) is 0 Å². The first kappa shape index (κ1) is 39.4. The Hall–Kier alpha value is -4.88. The van der Waals surface area contributed by atoms with Gasteiger partial charge in [0, 0.05) is 22.5 Å². The second kappa shape index (κ2) is 13.7. The van der Waals surface area contributed by atoms with Crippen LogP contribution < -0.4 is 4.90 Å². The van der Waals surface area contributed by atoms with Crippen molar-refractivity contribution < 1.29 is 0 Å². The van der Waals surface area contributed by atoms with Crippen molar-refractivity contribution >= 4 is 17.1 Å². The van der Waals surface area contributed by atoms with Crippen LogP contribution in [0, 0.1) is 0 Å². The Kier molecular flexibility index (Phi) is 9.59. The lowest BCUT2D eigenvalue weighted by atomic mass is 9.78. The van der Waals surface area contributed by atoms with Gasteiger partial charge in [0.05, 0.1) is 0 Å². The van der Waals surface area contributed by atoms with Gasteiger partial charge in [0.2, 0.25) is 0 Å². The summed E-state index contributed by atoms with van der Waals surface area (Å²) >= 11 is 0. The third kappa shape index (κ3) is 7.50. The molecule has 6 aromatic rings. The lowest BCUT2D eigenvalue weighted by Crippen LogP contribution is -2.17. The zero-order valence-electron chi connectivity index (χ0n) is 36.6. The number of nitrogens with zero attached hydrogens (tertiary/aromatic N) is 1. The average Bonchev–Trinajstić information content (AvgIpc) is 3.36. The summed E-state index contributed by atoms with van der Waals surface area (Å²) in [7, 11) is 0. The molecule has 6 aromatic carbocycles. The van der Waals surface area contributed by atoms with E-state index < -0.39 is 0 Å². The highest BCUT2D eigenvalue weighted by atomic mass is 15.1. The maximum absolute atomic E-state index is 2.45. The molecular formula is C55H63N. The molecule has 0 N–H and O–H groups in total. The van der Waals surface area contributed by atoms with Crippen LogP contribution in [0.5, 0.6) is 0 Å². The second-order valence-corrected chi connectivity index (χ2v) is 20.9. The molecule has 0 amide bonds. The van der Waals surface area contributed by atoms with E-state index in [0.717, 1.165) is 11.4 Å². The van der Waals surface area contributed by atoms with Crippen molar-refractivity contribution in [1.29, 1.82) is 0 Å². The van der Waals surface area contributed by atoms with Crippen molar-refractivity contribution in [2.24, 2.45) is 0 Å². The predicted octanol–water partition coefficient (Wildman–Crippen LogP) is 16.0. The topological polar surface area (TPSA) is 3.24 Å². The summed E-state index contributed by atoms with van der Waals surface area (Å²) in [6.07, 6.45) is 0. The molecule has 0 spiro atoms. The summed E-state index contributed by atoms with van der Waals surface area (Å²) in [4.78, 5) is 2.45. The first-order chi connectivity index (χ1) is 26.0. The normalized spacial score (nSPS) is 14.0. The largest absolute Gasteiger partial charge is 0.310 e. The molecule has 1 aliphatic rings. The van der Waals surface area contributed by atoms with E-state index in [-0.39, 0.29) is 27.1 Å². The molecule has 0 aliphatic heterocycles. The summed E-state index contributed by atoms with van der Waals surface area (Å²) in [5, 5.41) is 0. The minimum Gasteiger partial charge on any atom is -0.310 e. The molecule has 288 valence electrons. The molecule has 1 nitrogen and oxygen atoms in total. The Balaban J connectivity index is 1.40. The van der Waals surface area contributed by atoms with Crippen LogP contribution >= 0.6 is 0 Å². The molecule has 0 unspecified atom stereocenters. The van der Waals surface area contributed by atoms with Crippen LogP contribution in [0.4, 0.5) is 17.1 Å². The summed E-state index contributed by atoms with van der Waals surface area (Å²) < 4.78 is 0. The van der Waals surface area contributed by atoms with Gasteiger partial charge in [-0.15, -0.1) is 0 Å². The van der Waals surface area contributed by atoms with Gasteiger partial charge in [0.1, 0.15) is 0 Å². The van der Waals surface area contributed by atoms with E-state index in [2.05, 4.69) is 229 Å². The lowest BCUT2D eigenvalue weighted by molar-refractivity contribution is 0.569. The molecule has 0 aromatic heterocycles.